The number of benzene rings is 3. The average molecular weight is 518 g/mol. The molecule has 3 aromatic rings. The van der Waals surface area contributed by atoms with Crippen LogP contribution in [0.5, 0.6) is 5.75 Å². The van der Waals surface area contributed by atoms with Crippen molar-refractivity contribution >= 4 is 52.2 Å². The lowest BCUT2D eigenvalue weighted by atomic mass is 9.98. The fourth-order valence-electron chi connectivity index (χ4n) is 3.98. The summed E-state index contributed by atoms with van der Waals surface area (Å²) in [7, 11) is 0. The van der Waals surface area contributed by atoms with E-state index in [1.165, 1.54) is 5.01 Å². The molecule has 3 aromatic carbocycles. The highest BCUT2D eigenvalue weighted by Gasteiger charge is 2.34. The zero-order valence-electron chi connectivity index (χ0n) is 18.9. The molecule has 1 N–H and O–H groups in total. The topological polar surface area (TPSA) is 88.1 Å². The zero-order valence-corrected chi connectivity index (χ0v) is 20.5. The molecule has 7 nitrogen and oxygen atoms in total. The number of imide groups is 1. The van der Waals surface area contributed by atoms with Crippen LogP contribution in [0.15, 0.2) is 88.9 Å². The minimum absolute atomic E-state index is 0.209. The lowest BCUT2D eigenvalue weighted by molar-refractivity contribution is -0.135. The lowest BCUT2D eigenvalue weighted by Gasteiger charge is -2.23. The van der Waals surface area contributed by atoms with Crippen molar-refractivity contribution in [2.24, 2.45) is 5.10 Å². The molecule has 3 amide bonds. The Morgan fingerprint density at radius 1 is 1.06 bits per heavy atom. The number of amides is 3. The second-order valence-electron chi connectivity index (χ2n) is 8.10. The van der Waals surface area contributed by atoms with Crippen molar-refractivity contribution in [3.63, 3.8) is 0 Å². The molecule has 1 fully saturated rings. The fraction of sp³-hybridized carbons (Fsp3) is 0.111. The molecule has 0 aliphatic carbocycles. The highest BCUT2D eigenvalue weighted by atomic mass is 35.5. The van der Waals surface area contributed by atoms with Gasteiger partial charge in [0.05, 0.1) is 16.7 Å². The van der Waals surface area contributed by atoms with Crippen LogP contribution in [0.3, 0.4) is 0 Å². The van der Waals surface area contributed by atoms with Gasteiger partial charge in [-0.15, -0.1) is 0 Å². The molecule has 2 heterocycles. The number of hydrazone groups is 1. The Morgan fingerprint density at radius 2 is 1.78 bits per heavy atom. The SMILES string of the molecule is O=C1NC(=O)/C(=C\c2ccc(OCC(=O)N3N=C(c4ccccc4)CC3c3ccccc3Cl)cc2)S1. The van der Waals surface area contributed by atoms with Crippen molar-refractivity contribution in [3.05, 3.63) is 105 Å². The van der Waals surface area contributed by atoms with E-state index in [1.54, 1.807) is 36.4 Å². The first kappa shape index (κ1) is 23.8. The van der Waals surface area contributed by atoms with Gasteiger partial charge in [-0.3, -0.25) is 19.7 Å². The van der Waals surface area contributed by atoms with Gasteiger partial charge in [0.25, 0.3) is 17.1 Å². The molecular formula is C27H20ClN3O4S. The first-order valence-corrected chi connectivity index (χ1v) is 12.3. The number of halogens is 1. The fourth-order valence-corrected chi connectivity index (χ4v) is 4.92. The van der Waals surface area contributed by atoms with Crippen LogP contribution in [0, 0.1) is 0 Å². The number of carbonyl (C=O) groups is 3. The Labute approximate surface area is 216 Å². The van der Waals surface area contributed by atoms with Crippen molar-refractivity contribution < 1.29 is 19.1 Å². The molecule has 2 aliphatic heterocycles. The minimum Gasteiger partial charge on any atom is -0.484 e. The highest BCUT2D eigenvalue weighted by Crippen LogP contribution is 2.36. The predicted molar refractivity (Wildman–Crippen MR) is 140 cm³/mol. The molecule has 180 valence electrons. The maximum Gasteiger partial charge on any atom is 0.290 e. The maximum absolute atomic E-state index is 13.2. The van der Waals surface area contributed by atoms with Crippen LogP contribution >= 0.6 is 23.4 Å². The molecule has 2 aliphatic rings. The average Bonchev–Trinajstić information content (AvgIpc) is 3.47. The number of nitrogens with one attached hydrogen (secondary N) is 1. The van der Waals surface area contributed by atoms with Gasteiger partial charge in [-0.2, -0.15) is 5.10 Å². The minimum atomic E-state index is -0.412. The van der Waals surface area contributed by atoms with Crippen LogP contribution in [0.25, 0.3) is 6.08 Å². The second kappa shape index (κ2) is 10.4. The van der Waals surface area contributed by atoms with Gasteiger partial charge in [-0.05, 0) is 52.7 Å². The van der Waals surface area contributed by atoms with Crippen molar-refractivity contribution in [3.8, 4) is 5.75 Å². The Morgan fingerprint density at radius 3 is 2.47 bits per heavy atom. The molecule has 0 radical (unpaired) electrons. The van der Waals surface area contributed by atoms with E-state index in [-0.39, 0.29) is 23.8 Å². The quantitative estimate of drug-likeness (QED) is 0.441. The van der Waals surface area contributed by atoms with Crippen molar-refractivity contribution in [1.29, 1.82) is 0 Å². The van der Waals surface area contributed by atoms with Crippen LogP contribution in [-0.2, 0) is 9.59 Å². The number of rotatable bonds is 6. The molecule has 0 aromatic heterocycles. The summed E-state index contributed by atoms with van der Waals surface area (Å²) in [6.45, 7) is -0.209. The first-order chi connectivity index (χ1) is 17.5. The Kier molecular flexibility index (Phi) is 6.88. The van der Waals surface area contributed by atoms with Crippen molar-refractivity contribution in [1.82, 2.24) is 10.3 Å². The molecule has 0 saturated carbocycles. The molecule has 5 rings (SSSR count). The standard InChI is InChI=1S/C27H20ClN3O4S/c28-21-9-5-4-8-20(21)23-15-22(18-6-2-1-3-7-18)30-31(23)25(32)16-35-19-12-10-17(11-13-19)14-24-26(33)29-27(34)36-24/h1-14,23H,15-16H2,(H,29,33,34)/b24-14+. The van der Waals surface area contributed by atoms with E-state index in [9.17, 15) is 14.4 Å². The predicted octanol–water partition coefficient (Wildman–Crippen LogP) is 5.42. The van der Waals surface area contributed by atoms with Crippen molar-refractivity contribution in [2.75, 3.05) is 6.61 Å². The number of hydrogen-bond donors (Lipinski definition) is 1. The Hall–Kier alpha value is -3.88. The van der Waals surface area contributed by atoms with E-state index in [0.29, 0.717) is 22.1 Å². The van der Waals surface area contributed by atoms with Crippen LogP contribution in [-0.4, -0.2) is 34.4 Å². The third-order valence-electron chi connectivity index (χ3n) is 5.72. The third kappa shape index (κ3) is 5.19. The van der Waals surface area contributed by atoms with Gasteiger partial charge in [0.1, 0.15) is 5.75 Å². The second-order valence-corrected chi connectivity index (χ2v) is 9.52. The monoisotopic (exact) mass is 517 g/mol. The van der Waals surface area contributed by atoms with E-state index in [2.05, 4.69) is 10.4 Å². The Bertz CT molecular complexity index is 1390. The molecule has 1 saturated heterocycles. The maximum atomic E-state index is 13.2. The Balaban J connectivity index is 1.30. The molecular weight excluding hydrogens is 498 g/mol. The van der Waals surface area contributed by atoms with Crippen LogP contribution in [0.2, 0.25) is 5.02 Å². The van der Waals surface area contributed by atoms with E-state index in [4.69, 9.17) is 16.3 Å². The van der Waals surface area contributed by atoms with Crippen molar-refractivity contribution in [2.45, 2.75) is 12.5 Å². The summed E-state index contributed by atoms with van der Waals surface area (Å²) in [4.78, 5) is 36.6. The van der Waals surface area contributed by atoms with Gasteiger partial charge in [-0.1, -0.05) is 72.3 Å². The van der Waals surface area contributed by atoms with E-state index in [1.807, 2.05) is 48.5 Å². The van der Waals surface area contributed by atoms with Gasteiger partial charge >= 0.3 is 0 Å². The highest BCUT2D eigenvalue weighted by molar-refractivity contribution is 8.18. The number of ether oxygens (including phenoxy) is 1. The van der Waals surface area contributed by atoms with E-state index in [0.717, 1.165) is 34.2 Å². The summed E-state index contributed by atoms with van der Waals surface area (Å²) in [6.07, 6.45) is 2.16. The summed E-state index contributed by atoms with van der Waals surface area (Å²) < 4.78 is 5.75. The summed E-state index contributed by atoms with van der Waals surface area (Å²) in [5.41, 5.74) is 3.31. The first-order valence-electron chi connectivity index (χ1n) is 11.1. The molecule has 36 heavy (non-hydrogen) atoms. The number of hydrogen-bond acceptors (Lipinski definition) is 6. The third-order valence-corrected chi connectivity index (χ3v) is 6.87. The molecule has 0 spiro atoms. The summed E-state index contributed by atoms with van der Waals surface area (Å²) in [5.74, 6) is -0.217. The molecule has 0 bridgehead atoms. The molecule has 1 atom stereocenters. The molecule has 1 unspecified atom stereocenters. The van der Waals surface area contributed by atoms with E-state index >= 15 is 0 Å². The van der Waals surface area contributed by atoms with Crippen LogP contribution in [0.1, 0.15) is 29.2 Å². The summed E-state index contributed by atoms with van der Waals surface area (Å²) in [6, 6.07) is 23.7. The van der Waals surface area contributed by atoms with Crippen LogP contribution in [0.4, 0.5) is 4.79 Å². The van der Waals surface area contributed by atoms with Crippen LogP contribution < -0.4 is 10.1 Å². The van der Waals surface area contributed by atoms with Gasteiger partial charge in [-0.25, -0.2) is 5.01 Å². The number of thioether (sulfide) groups is 1. The number of carbonyl (C=O) groups excluding carboxylic acids is 3. The lowest BCUT2D eigenvalue weighted by Crippen LogP contribution is -2.31. The smallest absolute Gasteiger partial charge is 0.290 e. The van der Waals surface area contributed by atoms with Gasteiger partial charge < -0.3 is 4.74 Å². The summed E-state index contributed by atoms with van der Waals surface area (Å²) in [5, 5.41) is 8.50. The normalized spacial score (nSPS) is 18.4. The van der Waals surface area contributed by atoms with E-state index < -0.39 is 5.91 Å². The zero-order chi connectivity index (χ0) is 25.1. The largest absolute Gasteiger partial charge is 0.484 e. The molecule has 9 heteroatoms. The van der Waals surface area contributed by atoms with Gasteiger partial charge in [0.15, 0.2) is 6.61 Å². The van der Waals surface area contributed by atoms with Gasteiger partial charge in [0, 0.05) is 11.4 Å². The van der Waals surface area contributed by atoms with Gasteiger partial charge in [0.2, 0.25) is 0 Å². The number of nitrogens with zero attached hydrogens (tertiary/aromatic N) is 2. The summed E-state index contributed by atoms with van der Waals surface area (Å²) >= 11 is 7.32.